The van der Waals surface area contributed by atoms with Crippen LogP contribution in [-0.4, -0.2) is 32.8 Å². The van der Waals surface area contributed by atoms with Crippen molar-refractivity contribution < 1.29 is 14.4 Å². The Morgan fingerprint density at radius 2 is 1.89 bits per heavy atom. The molecule has 2 aromatic carbocycles. The van der Waals surface area contributed by atoms with Crippen LogP contribution in [0, 0.1) is 0 Å². The summed E-state index contributed by atoms with van der Waals surface area (Å²) in [7, 11) is 0. The Balaban J connectivity index is 1.54. The molecule has 0 aliphatic carbocycles. The first-order chi connectivity index (χ1) is 13.0. The number of nitrogens with one attached hydrogen (secondary N) is 1. The van der Waals surface area contributed by atoms with Gasteiger partial charge >= 0.3 is 0 Å². The van der Waals surface area contributed by atoms with Gasteiger partial charge in [-0.05, 0) is 48.9 Å². The van der Waals surface area contributed by atoms with E-state index in [2.05, 4.69) is 20.7 Å². The van der Waals surface area contributed by atoms with Crippen LogP contribution in [0.3, 0.4) is 0 Å². The molecule has 0 unspecified atom stereocenters. The van der Waals surface area contributed by atoms with E-state index in [1.165, 1.54) is 0 Å². The maximum Gasteiger partial charge on any atom is 0.277 e. The quantitative estimate of drug-likeness (QED) is 0.275. The van der Waals surface area contributed by atoms with Gasteiger partial charge in [-0.3, -0.25) is 4.79 Å². The molecule has 1 aromatic heterocycles. The molecular formula is C18H15ClN4O3S. The second kappa shape index (κ2) is 8.70. The van der Waals surface area contributed by atoms with Crippen molar-refractivity contribution >= 4 is 40.7 Å². The van der Waals surface area contributed by atoms with Crippen LogP contribution < -0.4 is 5.32 Å². The number of amides is 1. The Morgan fingerprint density at radius 1 is 1.19 bits per heavy atom. The summed E-state index contributed by atoms with van der Waals surface area (Å²) in [6.07, 6.45) is 0. The monoisotopic (exact) mass is 402 g/mol. The number of rotatable bonds is 6. The summed E-state index contributed by atoms with van der Waals surface area (Å²) in [5.74, 6) is 0.291. The van der Waals surface area contributed by atoms with E-state index in [0.29, 0.717) is 27.5 Å². The Morgan fingerprint density at radius 3 is 2.56 bits per heavy atom. The van der Waals surface area contributed by atoms with Crippen molar-refractivity contribution in [2.45, 2.75) is 12.1 Å². The lowest BCUT2D eigenvalue weighted by atomic mass is 10.1. The van der Waals surface area contributed by atoms with Gasteiger partial charge in [-0.25, -0.2) is 0 Å². The molecule has 0 bridgehead atoms. The van der Waals surface area contributed by atoms with Crippen molar-refractivity contribution in [3.63, 3.8) is 0 Å². The molecule has 0 saturated carbocycles. The smallest absolute Gasteiger partial charge is 0.277 e. The van der Waals surface area contributed by atoms with Crippen LogP contribution in [0.25, 0.3) is 11.5 Å². The highest BCUT2D eigenvalue weighted by Crippen LogP contribution is 2.24. The number of nitrogens with zero attached hydrogens (tertiary/aromatic N) is 3. The summed E-state index contributed by atoms with van der Waals surface area (Å²) in [4.78, 5) is 12.1. The van der Waals surface area contributed by atoms with E-state index in [0.717, 1.165) is 22.9 Å². The fourth-order valence-electron chi connectivity index (χ4n) is 2.15. The molecule has 138 valence electrons. The molecule has 0 saturated heterocycles. The van der Waals surface area contributed by atoms with Gasteiger partial charge < -0.3 is 14.9 Å². The molecule has 0 atom stereocenters. The lowest BCUT2D eigenvalue weighted by molar-refractivity contribution is -0.113. The van der Waals surface area contributed by atoms with Crippen LogP contribution in [0.2, 0.25) is 5.02 Å². The summed E-state index contributed by atoms with van der Waals surface area (Å²) >= 11 is 7.00. The highest BCUT2D eigenvalue weighted by Gasteiger charge is 2.11. The maximum atomic E-state index is 12.1. The van der Waals surface area contributed by atoms with E-state index in [1.807, 2.05) is 0 Å². The fraction of sp³-hybridized carbons (Fsp3) is 0.111. The zero-order valence-corrected chi connectivity index (χ0v) is 15.8. The second-order valence-corrected chi connectivity index (χ2v) is 6.84. The molecule has 7 nitrogen and oxygen atoms in total. The molecule has 3 rings (SSSR count). The van der Waals surface area contributed by atoms with Gasteiger partial charge in [0.05, 0.1) is 11.5 Å². The van der Waals surface area contributed by atoms with E-state index >= 15 is 0 Å². The minimum absolute atomic E-state index is 0.126. The van der Waals surface area contributed by atoms with Crippen molar-refractivity contribution in [2.24, 2.45) is 5.16 Å². The molecule has 0 aliphatic rings. The Bertz CT molecular complexity index is 955. The summed E-state index contributed by atoms with van der Waals surface area (Å²) in [5.41, 5.74) is 2.66. The number of thioether (sulfide) groups is 1. The highest BCUT2D eigenvalue weighted by atomic mass is 35.5. The van der Waals surface area contributed by atoms with E-state index < -0.39 is 0 Å². The van der Waals surface area contributed by atoms with Gasteiger partial charge in [-0.2, -0.15) is 0 Å². The van der Waals surface area contributed by atoms with Crippen molar-refractivity contribution in [2.75, 3.05) is 11.1 Å². The Hall–Kier alpha value is -2.84. The molecule has 9 heteroatoms. The Kier molecular flexibility index (Phi) is 6.10. The highest BCUT2D eigenvalue weighted by molar-refractivity contribution is 7.99. The number of oxime groups is 1. The van der Waals surface area contributed by atoms with E-state index in [-0.39, 0.29) is 11.7 Å². The summed E-state index contributed by atoms with van der Waals surface area (Å²) in [6, 6.07) is 14.0. The first-order valence-corrected chi connectivity index (χ1v) is 9.22. The van der Waals surface area contributed by atoms with Crippen molar-refractivity contribution in [1.82, 2.24) is 10.2 Å². The second-order valence-electron chi connectivity index (χ2n) is 5.48. The predicted molar refractivity (Wildman–Crippen MR) is 105 cm³/mol. The van der Waals surface area contributed by atoms with Gasteiger partial charge in [-0.1, -0.05) is 40.7 Å². The van der Waals surface area contributed by atoms with Gasteiger partial charge in [0.25, 0.3) is 5.22 Å². The molecule has 1 amide bonds. The summed E-state index contributed by atoms with van der Waals surface area (Å²) in [5, 5.41) is 23.5. The van der Waals surface area contributed by atoms with Crippen LogP contribution in [-0.2, 0) is 4.79 Å². The van der Waals surface area contributed by atoms with E-state index in [1.54, 1.807) is 55.5 Å². The third-order valence-corrected chi connectivity index (χ3v) is 4.63. The number of halogens is 1. The van der Waals surface area contributed by atoms with E-state index in [9.17, 15) is 4.79 Å². The summed E-state index contributed by atoms with van der Waals surface area (Å²) in [6.45, 7) is 1.69. The minimum Gasteiger partial charge on any atom is -0.411 e. The molecule has 3 aromatic rings. The number of aromatic nitrogens is 2. The van der Waals surface area contributed by atoms with Crippen LogP contribution in [0.5, 0.6) is 0 Å². The lowest BCUT2D eigenvalue weighted by Gasteiger charge is -2.05. The molecule has 2 N–H and O–H groups in total. The first-order valence-electron chi connectivity index (χ1n) is 7.86. The number of anilines is 1. The molecular weight excluding hydrogens is 388 g/mol. The topological polar surface area (TPSA) is 101 Å². The molecule has 0 fully saturated rings. The van der Waals surface area contributed by atoms with Crippen molar-refractivity contribution in [3.8, 4) is 11.5 Å². The van der Waals surface area contributed by atoms with Crippen LogP contribution >= 0.6 is 23.4 Å². The fourth-order valence-corrected chi connectivity index (χ4v) is 2.84. The average molecular weight is 403 g/mol. The number of benzene rings is 2. The number of carbonyl (C=O) groups is 1. The number of hydrogen-bond acceptors (Lipinski definition) is 7. The average Bonchev–Trinajstić information content (AvgIpc) is 3.16. The van der Waals surface area contributed by atoms with Gasteiger partial charge in [0.15, 0.2) is 0 Å². The van der Waals surface area contributed by atoms with Crippen LogP contribution in [0.1, 0.15) is 12.5 Å². The third kappa shape index (κ3) is 5.08. The van der Waals surface area contributed by atoms with Gasteiger partial charge in [0.2, 0.25) is 11.8 Å². The summed E-state index contributed by atoms with van der Waals surface area (Å²) < 4.78 is 5.55. The first kappa shape index (κ1) is 18.9. The van der Waals surface area contributed by atoms with Crippen LogP contribution in [0.4, 0.5) is 5.69 Å². The molecule has 0 aliphatic heterocycles. The van der Waals surface area contributed by atoms with Gasteiger partial charge in [0.1, 0.15) is 0 Å². The number of hydrogen-bond donors (Lipinski definition) is 2. The number of carbonyl (C=O) groups excluding carboxylic acids is 1. The lowest BCUT2D eigenvalue weighted by Crippen LogP contribution is -2.14. The normalized spacial score (nSPS) is 11.4. The zero-order chi connectivity index (χ0) is 19.2. The van der Waals surface area contributed by atoms with Crippen molar-refractivity contribution in [3.05, 3.63) is 59.1 Å². The molecule has 0 radical (unpaired) electrons. The SMILES string of the molecule is C/C(=N\O)c1ccc(NC(=O)CSc2nnc(-c3ccc(Cl)cc3)o2)cc1. The predicted octanol–water partition coefficient (Wildman–Crippen LogP) is 4.32. The molecule has 1 heterocycles. The minimum atomic E-state index is -0.202. The van der Waals surface area contributed by atoms with Crippen LogP contribution in [0.15, 0.2) is 63.3 Å². The largest absolute Gasteiger partial charge is 0.411 e. The van der Waals surface area contributed by atoms with Crippen molar-refractivity contribution in [1.29, 1.82) is 0 Å². The van der Waals surface area contributed by atoms with Gasteiger partial charge in [0, 0.05) is 16.3 Å². The molecule has 0 spiro atoms. The van der Waals surface area contributed by atoms with Gasteiger partial charge in [-0.15, -0.1) is 10.2 Å². The van der Waals surface area contributed by atoms with E-state index in [4.69, 9.17) is 21.2 Å². The third-order valence-electron chi connectivity index (χ3n) is 3.56. The zero-order valence-electron chi connectivity index (χ0n) is 14.2. The maximum absolute atomic E-state index is 12.1. The standard InChI is InChI=1S/C18H15ClN4O3S/c1-11(23-25)12-4-8-15(9-5-12)20-16(24)10-27-18-22-21-17(26-18)13-2-6-14(19)7-3-13/h2-9,25H,10H2,1H3,(H,20,24)/b23-11+. The molecule has 27 heavy (non-hydrogen) atoms. The Labute approximate surface area is 164 Å².